The minimum atomic E-state index is -4.04. The van der Waals surface area contributed by atoms with Crippen LogP contribution in [0.4, 0.5) is 5.82 Å². The molecular formula is C46H52N5O9P. The molecule has 15 heteroatoms. The Morgan fingerprint density at radius 1 is 0.869 bits per heavy atom. The summed E-state index contributed by atoms with van der Waals surface area (Å²) in [5.41, 5.74) is 0.774. The van der Waals surface area contributed by atoms with E-state index in [1.54, 1.807) is 49.2 Å². The number of carbonyl (C=O) groups is 1. The molecular weight excluding hydrogens is 798 g/mol. The first kappa shape index (κ1) is 44.9. The second-order valence-electron chi connectivity index (χ2n) is 14.9. The number of aromatic nitrogens is 2. The van der Waals surface area contributed by atoms with E-state index in [0.29, 0.717) is 17.1 Å². The highest BCUT2D eigenvalue weighted by molar-refractivity contribution is 7.51. The van der Waals surface area contributed by atoms with Crippen LogP contribution < -0.4 is 20.5 Å². The summed E-state index contributed by atoms with van der Waals surface area (Å²) in [5.74, 6) is 0.956. The number of anilines is 1. The summed E-state index contributed by atoms with van der Waals surface area (Å²) in [6, 6.07) is 36.6. The van der Waals surface area contributed by atoms with E-state index < -0.39 is 43.4 Å². The van der Waals surface area contributed by atoms with E-state index in [-0.39, 0.29) is 44.0 Å². The van der Waals surface area contributed by atoms with Crippen LogP contribution in [0.3, 0.4) is 0 Å². The van der Waals surface area contributed by atoms with E-state index in [1.807, 2.05) is 113 Å². The monoisotopic (exact) mass is 849 g/mol. The van der Waals surface area contributed by atoms with Crippen molar-refractivity contribution in [1.82, 2.24) is 14.2 Å². The Morgan fingerprint density at radius 3 is 1.95 bits per heavy atom. The number of methoxy groups -OCH3 is 2. The summed E-state index contributed by atoms with van der Waals surface area (Å²) >= 11 is 0. The molecule has 320 valence electrons. The van der Waals surface area contributed by atoms with Gasteiger partial charge < -0.3 is 24.3 Å². The van der Waals surface area contributed by atoms with Crippen LogP contribution in [0.25, 0.3) is 0 Å². The fourth-order valence-corrected chi connectivity index (χ4v) is 9.72. The van der Waals surface area contributed by atoms with Gasteiger partial charge in [-0.25, -0.2) is 14.0 Å². The quantitative estimate of drug-likeness (QED) is 0.0481. The van der Waals surface area contributed by atoms with Crippen molar-refractivity contribution in [3.8, 4) is 17.6 Å². The second kappa shape index (κ2) is 20.3. The molecule has 0 radical (unpaired) electrons. The highest BCUT2D eigenvalue weighted by Gasteiger charge is 2.48. The molecule has 1 amide bonds. The van der Waals surface area contributed by atoms with Gasteiger partial charge in [-0.3, -0.25) is 18.4 Å². The fourth-order valence-electron chi connectivity index (χ4n) is 7.59. The van der Waals surface area contributed by atoms with Gasteiger partial charge >= 0.3 is 13.4 Å². The minimum Gasteiger partial charge on any atom is -0.497 e. The summed E-state index contributed by atoms with van der Waals surface area (Å²) in [4.78, 5) is 30.8. The van der Waals surface area contributed by atoms with Crippen LogP contribution in [0, 0.1) is 11.3 Å². The van der Waals surface area contributed by atoms with E-state index in [4.69, 9.17) is 28.0 Å². The number of benzene rings is 4. The molecule has 4 atom stereocenters. The van der Waals surface area contributed by atoms with Crippen LogP contribution in [-0.4, -0.2) is 71.9 Å². The number of amides is 1. The first-order valence-electron chi connectivity index (χ1n) is 20.1. The highest BCUT2D eigenvalue weighted by Crippen LogP contribution is 2.55. The third kappa shape index (κ3) is 10.3. The standard InChI is InChI=1S/C46H52N5O9P/c1-32(2)51(33(3)4)61(54,57-29-13-27-47)58-31-41-40(30-43(59-41)50-28-26-42(49-45(50)53)48-44(52)34-14-9-7-10-15-34)60-46(35-16-11-8-12-17-35,36-18-22-38(55-5)23-19-36)37-20-24-39(56-6)25-21-37/h7-12,14-26,28,32-33,40-41,43H,13,29-31H2,1-6H3,(H,48,49,52,53)/t40-,41+,43+,61-/m0/s1. The number of nitrogens with one attached hydrogen (secondary N) is 1. The summed E-state index contributed by atoms with van der Waals surface area (Å²) in [6.07, 6.45) is -1.03. The maximum atomic E-state index is 14.8. The molecule has 0 unspecified atom stereocenters. The van der Waals surface area contributed by atoms with Crippen molar-refractivity contribution in [3.63, 3.8) is 0 Å². The van der Waals surface area contributed by atoms with Crippen molar-refractivity contribution in [2.45, 2.75) is 76.7 Å². The van der Waals surface area contributed by atoms with E-state index in [0.717, 1.165) is 16.7 Å². The normalized spacial score (nSPS) is 17.5. The lowest BCUT2D eigenvalue weighted by Gasteiger charge is -2.40. The van der Waals surface area contributed by atoms with E-state index in [9.17, 15) is 19.4 Å². The van der Waals surface area contributed by atoms with Gasteiger partial charge in [0.15, 0.2) is 0 Å². The number of ether oxygens (including phenoxy) is 4. The Labute approximate surface area is 356 Å². The molecule has 0 aliphatic carbocycles. The molecule has 61 heavy (non-hydrogen) atoms. The van der Waals surface area contributed by atoms with Crippen molar-refractivity contribution in [3.05, 3.63) is 154 Å². The molecule has 1 saturated heterocycles. The summed E-state index contributed by atoms with van der Waals surface area (Å²) in [5, 5.41) is 12.0. The zero-order valence-corrected chi connectivity index (χ0v) is 36.1. The topological polar surface area (TPSA) is 163 Å². The molecule has 0 bridgehead atoms. The SMILES string of the molecule is COc1ccc(C(O[C@H]2C[C@H](n3ccc(NC(=O)c4ccccc4)nc3=O)O[C@@H]2CO[P@@](=O)(OCCC#N)N(C(C)C)C(C)C)(c2ccccc2)c2ccc(OC)cc2)cc1. The molecule has 0 spiro atoms. The van der Waals surface area contributed by atoms with Crippen molar-refractivity contribution < 1.29 is 37.4 Å². The summed E-state index contributed by atoms with van der Waals surface area (Å²) in [6.45, 7) is 7.17. The number of hydrogen-bond donors (Lipinski definition) is 1. The van der Waals surface area contributed by atoms with E-state index >= 15 is 0 Å². The molecule has 1 aliphatic rings. The third-order valence-corrected chi connectivity index (χ3v) is 12.8. The van der Waals surface area contributed by atoms with Crippen molar-refractivity contribution in [2.75, 3.05) is 32.8 Å². The molecule has 6 rings (SSSR count). The smallest absolute Gasteiger partial charge is 0.408 e. The summed E-state index contributed by atoms with van der Waals surface area (Å²) in [7, 11) is -0.843. The average Bonchev–Trinajstić information content (AvgIpc) is 3.67. The molecule has 4 aromatic carbocycles. The first-order valence-corrected chi connectivity index (χ1v) is 21.6. The molecule has 1 aliphatic heterocycles. The van der Waals surface area contributed by atoms with Gasteiger partial charge in [0, 0.05) is 30.3 Å². The largest absolute Gasteiger partial charge is 0.497 e. The van der Waals surface area contributed by atoms with Gasteiger partial charge in [-0.05, 0) is 86.8 Å². The Balaban J connectivity index is 1.44. The number of rotatable bonds is 19. The van der Waals surface area contributed by atoms with Gasteiger partial charge in [-0.1, -0.05) is 72.8 Å². The van der Waals surface area contributed by atoms with Gasteiger partial charge in [-0.2, -0.15) is 10.2 Å². The van der Waals surface area contributed by atoms with Crippen molar-refractivity contribution >= 4 is 19.5 Å². The lowest BCUT2D eigenvalue weighted by Crippen LogP contribution is -2.41. The maximum Gasteiger partial charge on any atom is 0.408 e. The van der Waals surface area contributed by atoms with Gasteiger partial charge in [0.25, 0.3) is 5.91 Å². The zero-order chi connectivity index (χ0) is 43.6. The Hall–Kier alpha value is -5.65. The summed E-state index contributed by atoms with van der Waals surface area (Å²) < 4.78 is 55.3. The average molecular weight is 850 g/mol. The Kier molecular flexibility index (Phi) is 14.9. The third-order valence-electron chi connectivity index (χ3n) is 10.3. The Bertz CT molecular complexity index is 2300. The molecule has 14 nitrogen and oxygen atoms in total. The van der Waals surface area contributed by atoms with Crippen LogP contribution in [0.5, 0.6) is 11.5 Å². The lowest BCUT2D eigenvalue weighted by molar-refractivity contribution is -0.0987. The van der Waals surface area contributed by atoms with Gasteiger partial charge in [0.05, 0.1) is 46.0 Å². The second-order valence-corrected chi connectivity index (χ2v) is 16.8. The molecule has 1 fully saturated rings. The van der Waals surface area contributed by atoms with Crippen LogP contribution >= 0.6 is 7.75 Å². The van der Waals surface area contributed by atoms with Gasteiger partial charge in [0.2, 0.25) is 0 Å². The molecule has 1 N–H and O–H groups in total. The first-order chi connectivity index (χ1) is 29.4. The molecule has 2 heterocycles. The molecule has 0 saturated carbocycles. The predicted octanol–water partition coefficient (Wildman–Crippen LogP) is 8.35. The molecule has 1 aromatic heterocycles. The number of nitriles is 1. The van der Waals surface area contributed by atoms with Crippen LogP contribution in [-0.2, 0) is 28.7 Å². The minimum absolute atomic E-state index is 0.00610. The lowest BCUT2D eigenvalue weighted by atomic mass is 9.79. The van der Waals surface area contributed by atoms with Crippen LogP contribution in [0.2, 0.25) is 0 Å². The van der Waals surface area contributed by atoms with E-state index in [1.165, 1.54) is 16.8 Å². The Morgan fingerprint density at radius 2 is 1.43 bits per heavy atom. The molecule has 5 aromatic rings. The van der Waals surface area contributed by atoms with Crippen molar-refractivity contribution in [1.29, 1.82) is 5.26 Å². The predicted molar refractivity (Wildman–Crippen MR) is 230 cm³/mol. The van der Waals surface area contributed by atoms with Gasteiger partial charge in [-0.15, -0.1) is 0 Å². The number of nitrogens with zero attached hydrogens (tertiary/aromatic N) is 4. The van der Waals surface area contributed by atoms with E-state index in [2.05, 4.69) is 10.3 Å². The number of hydrogen-bond acceptors (Lipinski definition) is 11. The zero-order valence-electron chi connectivity index (χ0n) is 35.2. The van der Waals surface area contributed by atoms with Crippen LogP contribution in [0.15, 0.2) is 126 Å². The fraction of sp³-hybridized carbons (Fsp3) is 0.348. The van der Waals surface area contributed by atoms with Gasteiger partial charge in [0.1, 0.15) is 35.2 Å². The maximum absolute atomic E-state index is 14.8. The number of carbonyl (C=O) groups excluding carboxylic acids is 1. The van der Waals surface area contributed by atoms with Crippen LogP contribution in [0.1, 0.15) is 73.8 Å². The highest BCUT2D eigenvalue weighted by atomic mass is 31.2. The van der Waals surface area contributed by atoms with Crippen molar-refractivity contribution in [2.24, 2.45) is 0 Å².